The zero-order chi connectivity index (χ0) is 30.0. The van der Waals surface area contributed by atoms with E-state index in [1.54, 1.807) is 0 Å². The third-order valence-electron chi connectivity index (χ3n) is 6.44. The minimum absolute atomic E-state index is 0.00422. The lowest BCUT2D eigenvalue weighted by atomic mass is 10.2. The summed E-state index contributed by atoms with van der Waals surface area (Å²) in [7, 11) is 0. The van der Waals surface area contributed by atoms with Gasteiger partial charge >= 0.3 is 17.9 Å². The van der Waals surface area contributed by atoms with E-state index in [2.05, 4.69) is 21.7 Å². The van der Waals surface area contributed by atoms with E-state index in [-0.39, 0.29) is 51.5 Å². The van der Waals surface area contributed by atoms with Crippen molar-refractivity contribution in [1.29, 1.82) is 0 Å². The molecule has 0 spiro atoms. The number of aliphatic carboxylic acids is 3. The molecule has 2 aliphatic rings. The van der Waals surface area contributed by atoms with Gasteiger partial charge in [0, 0.05) is 52.5 Å². The molecule has 0 aromatic rings. The van der Waals surface area contributed by atoms with Crippen molar-refractivity contribution in [2.24, 2.45) is 0 Å². The van der Waals surface area contributed by atoms with E-state index < -0.39 is 49.4 Å². The number of hydrogen-bond acceptors (Lipinski definition) is 12. The van der Waals surface area contributed by atoms with E-state index in [1.807, 2.05) is 0 Å². The molecular weight excluding hydrogens is 546 g/mol. The lowest BCUT2D eigenvalue weighted by Crippen LogP contribution is -2.50. The lowest BCUT2D eigenvalue weighted by molar-refractivity contribution is -0.141. The minimum atomic E-state index is -1.15. The summed E-state index contributed by atoms with van der Waals surface area (Å²) >= 11 is 0. The summed E-state index contributed by atoms with van der Waals surface area (Å²) in [5, 5.41) is 27.9. The van der Waals surface area contributed by atoms with E-state index in [4.69, 9.17) is 9.47 Å². The summed E-state index contributed by atoms with van der Waals surface area (Å²) in [4.78, 5) is 63.0. The number of hydrazine groups is 2. The van der Waals surface area contributed by atoms with Gasteiger partial charge in [0.25, 0.3) is 0 Å². The molecule has 17 nitrogen and oxygen atoms in total. The van der Waals surface area contributed by atoms with Crippen LogP contribution in [0.4, 0.5) is 0 Å². The van der Waals surface area contributed by atoms with Crippen molar-refractivity contribution in [1.82, 2.24) is 36.4 Å². The molecule has 0 bridgehead atoms. The number of carboxylic acid groups (broad SMARTS) is 3. The van der Waals surface area contributed by atoms with Crippen LogP contribution >= 0.6 is 0 Å². The Balaban J connectivity index is 1.83. The van der Waals surface area contributed by atoms with Crippen LogP contribution in [-0.4, -0.2) is 157 Å². The largest absolute Gasteiger partial charge is 0.480 e. The highest BCUT2D eigenvalue weighted by Gasteiger charge is 2.21. The summed E-state index contributed by atoms with van der Waals surface area (Å²) in [5.74, 6) is -4.35. The predicted molar refractivity (Wildman–Crippen MR) is 142 cm³/mol. The van der Waals surface area contributed by atoms with Crippen LogP contribution in [0, 0.1) is 0 Å². The van der Waals surface area contributed by atoms with Gasteiger partial charge in [-0.1, -0.05) is 0 Å². The predicted octanol–water partition coefficient (Wildman–Crippen LogP) is -3.25. The number of carbonyl (C=O) groups excluding carboxylic acids is 2. The first kappa shape index (κ1) is 34.3. The maximum Gasteiger partial charge on any atom is 0.317 e. The molecule has 2 rings (SSSR count). The van der Waals surface area contributed by atoms with Crippen molar-refractivity contribution in [2.75, 3.05) is 85.2 Å². The number of amides is 2. The summed E-state index contributed by atoms with van der Waals surface area (Å²) in [6, 6.07) is 0. The zero-order valence-electron chi connectivity index (χ0n) is 23.2. The standard InChI is InChI=1S/C24H43N7O10/c32-20(27-25-11-18-3-1-9-40-18)13-30(16-23(36)37)7-5-29(15-22(34)35)6-8-31(17-24(38)39)14-21(33)28-26-12-19-4-2-10-41-19/h18-19,25-26H,1-17H2,(H,27,32)(H,28,33)(H,34,35)(H,36,37)(H,38,39). The minimum Gasteiger partial charge on any atom is -0.480 e. The second-order valence-electron chi connectivity index (χ2n) is 10.0. The highest BCUT2D eigenvalue weighted by atomic mass is 16.5. The van der Waals surface area contributed by atoms with Crippen molar-refractivity contribution < 1.29 is 48.8 Å². The van der Waals surface area contributed by atoms with E-state index in [0.717, 1.165) is 25.7 Å². The molecule has 0 aliphatic carbocycles. The third-order valence-corrected chi connectivity index (χ3v) is 6.44. The van der Waals surface area contributed by atoms with Crippen molar-refractivity contribution in [3.05, 3.63) is 0 Å². The number of ether oxygens (including phenoxy) is 2. The second-order valence-corrected chi connectivity index (χ2v) is 10.0. The molecule has 2 saturated heterocycles. The van der Waals surface area contributed by atoms with Gasteiger partial charge < -0.3 is 24.8 Å². The van der Waals surface area contributed by atoms with Crippen LogP contribution in [0.2, 0.25) is 0 Å². The molecule has 2 aliphatic heterocycles. The smallest absolute Gasteiger partial charge is 0.317 e. The van der Waals surface area contributed by atoms with Crippen molar-refractivity contribution >= 4 is 29.7 Å². The Bertz CT molecular complexity index is 793. The van der Waals surface area contributed by atoms with Gasteiger partial charge in [0.1, 0.15) is 0 Å². The van der Waals surface area contributed by atoms with Gasteiger partial charge in [-0.25, -0.2) is 10.9 Å². The maximum absolute atomic E-state index is 12.3. The topological polar surface area (TPSA) is 222 Å². The van der Waals surface area contributed by atoms with Gasteiger partial charge in [0.2, 0.25) is 11.8 Å². The summed E-state index contributed by atoms with van der Waals surface area (Å²) in [6.45, 7) is 0.740. The normalized spacial score (nSPS) is 18.7. The Morgan fingerprint density at radius 1 is 0.585 bits per heavy atom. The maximum atomic E-state index is 12.3. The van der Waals surface area contributed by atoms with Gasteiger partial charge in [-0.3, -0.25) is 49.5 Å². The van der Waals surface area contributed by atoms with Gasteiger partial charge in [-0.05, 0) is 25.7 Å². The molecule has 2 heterocycles. The average Bonchev–Trinajstić information content (AvgIpc) is 3.59. The highest BCUT2D eigenvalue weighted by Crippen LogP contribution is 2.10. The molecule has 2 fully saturated rings. The van der Waals surface area contributed by atoms with Crippen LogP contribution in [0.15, 0.2) is 0 Å². The first-order chi connectivity index (χ1) is 19.6. The quantitative estimate of drug-likeness (QED) is 0.0616. The van der Waals surface area contributed by atoms with E-state index >= 15 is 0 Å². The Morgan fingerprint density at radius 3 is 1.29 bits per heavy atom. The van der Waals surface area contributed by atoms with Gasteiger partial charge in [-0.15, -0.1) is 0 Å². The Hall–Kier alpha value is -2.93. The van der Waals surface area contributed by atoms with Crippen LogP contribution < -0.4 is 21.7 Å². The Kier molecular flexibility index (Phi) is 16.1. The fraction of sp³-hybridized carbons (Fsp3) is 0.792. The number of nitrogens with zero attached hydrogens (tertiary/aromatic N) is 3. The van der Waals surface area contributed by atoms with Crippen LogP contribution in [-0.2, 0) is 33.4 Å². The first-order valence-corrected chi connectivity index (χ1v) is 13.7. The molecule has 7 N–H and O–H groups in total. The molecule has 17 heteroatoms. The van der Waals surface area contributed by atoms with E-state index in [0.29, 0.717) is 26.3 Å². The molecule has 0 saturated carbocycles. The summed E-state index contributed by atoms with van der Waals surface area (Å²) in [5.41, 5.74) is 10.6. The monoisotopic (exact) mass is 589 g/mol. The summed E-state index contributed by atoms with van der Waals surface area (Å²) in [6.07, 6.45) is 3.68. The molecule has 2 amide bonds. The second kappa shape index (κ2) is 19.2. The molecule has 0 aromatic carbocycles. The van der Waals surface area contributed by atoms with Gasteiger partial charge in [0.15, 0.2) is 0 Å². The molecular formula is C24H43N7O10. The Labute approximate surface area is 238 Å². The van der Waals surface area contributed by atoms with Crippen molar-refractivity contribution in [3.63, 3.8) is 0 Å². The van der Waals surface area contributed by atoms with Gasteiger partial charge in [0.05, 0.1) is 44.9 Å². The molecule has 2 atom stereocenters. The number of carboxylic acids is 3. The molecule has 0 aromatic heterocycles. The van der Waals surface area contributed by atoms with E-state index in [1.165, 1.54) is 14.7 Å². The van der Waals surface area contributed by atoms with Crippen LogP contribution in [0.1, 0.15) is 25.7 Å². The van der Waals surface area contributed by atoms with Crippen LogP contribution in [0.5, 0.6) is 0 Å². The number of hydrogen-bond donors (Lipinski definition) is 7. The third kappa shape index (κ3) is 16.2. The Morgan fingerprint density at radius 2 is 0.951 bits per heavy atom. The van der Waals surface area contributed by atoms with Crippen molar-refractivity contribution in [2.45, 2.75) is 37.9 Å². The summed E-state index contributed by atoms with van der Waals surface area (Å²) < 4.78 is 10.9. The first-order valence-electron chi connectivity index (χ1n) is 13.7. The molecule has 2 unspecified atom stereocenters. The zero-order valence-corrected chi connectivity index (χ0v) is 23.2. The number of rotatable bonds is 22. The number of nitrogens with one attached hydrogen (secondary N) is 4. The molecule has 234 valence electrons. The fourth-order valence-electron chi connectivity index (χ4n) is 4.46. The lowest BCUT2D eigenvalue weighted by Gasteiger charge is -2.28. The molecule has 0 radical (unpaired) electrons. The number of carbonyl (C=O) groups is 5. The van der Waals surface area contributed by atoms with E-state index in [9.17, 15) is 39.3 Å². The van der Waals surface area contributed by atoms with Gasteiger partial charge in [-0.2, -0.15) is 0 Å². The average molecular weight is 590 g/mol. The SMILES string of the molecule is O=C(O)CN(CCN(CC(=O)O)CC(=O)NNCC1CCCO1)CCN(CC(=O)O)CC(=O)NNCC1CCCO1. The fourth-order valence-corrected chi connectivity index (χ4v) is 4.46. The van der Waals surface area contributed by atoms with Crippen molar-refractivity contribution in [3.8, 4) is 0 Å². The van der Waals surface area contributed by atoms with Crippen LogP contribution in [0.3, 0.4) is 0 Å². The highest BCUT2D eigenvalue weighted by molar-refractivity contribution is 5.79. The molecule has 41 heavy (non-hydrogen) atoms. The van der Waals surface area contributed by atoms with Crippen LogP contribution in [0.25, 0.3) is 0 Å².